The summed E-state index contributed by atoms with van der Waals surface area (Å²) in [5, 5.41) is 17.0. The summed E-state index contributed by atoms with van der Waals surface area (Å²) in [7, 11) is 0. The minimum atomic E-state index is 0. The van der Waals surface area contributed by atoms with E-state index in [9.17, 15) is 9.90 Å². The van der Waals surface area contributed by atoms with Gasteiger partial charge in [-0.15, -0.1) is 17.0 Å². The monoisotopic (exact) mass is 782 g/mol. The third kappa shape index (κ3) is 6.81. The smallest absolute Gasteiger partial charge is 0.162 e. The van der Waals surface area contributed by atoms with E-state index in [1.165, 1.54) is 11.6 Å². The first-order valence-corrected chi connectivity index (χ1v) is 16.2. The van der Waals surface area contributed by atoms with Crippen LogP contribution in [0.4, 0.5) is 0 Å². The van der Waals surface area contributed by atoms with Crippen molar-refractivity contribution < 1.29 is 32.7 Å². The summed E-state index contributed by atoms with van der Waals surface area (Å²) in [6, 6.07) is 15.3. The fourth-order valence-corrected chi connectivity index (χ4v) is 6.63. The SMILES string of the molecule is CCC(CC)C(=O)/C=C(\O)C(CC)CC.[2H]c1nc2c3c(cc4cc(CC(C)(C)C)ccc4c3c1[2H])c1cccc3c(C)[c-]n2c31.[Ir]. The maximum Gasteiger partial charge on any atom is 0.162 e. The number of rotatable bonds is 8. The second kappa shape index (κ2) is 14.0. The van der Waals surface area contributed by atoms with Crippen LogP contribution in [-0.4, -0.2) is 20.3 Å². The molecule has 3 aromatic heterocycles. The first kappa shape index (κ1) is 31.7. The molecule has 1 N–H and O–H groups in total. The Labute approximate surface area is 284 Å². The molecule has 0 atom stereocenters. The standard InChI is InChI=1S/C27H23N2.C13H24O2.Ir/c1-16-15-29-25-19(16)6-5-7-22(25)23-13-18-12-17(14-27(2,3)4)8-9-20(18)21-10-11-28-26(29)24(21)23;1-5-10(6-2)12(14)9-13(15)11(7-3)8-4;/h5-13H,14H2,1-4H3;9-11,14H,5-8H2,1-4H3;/q-1;;/b;12-9-;/i10D,11D;;. The molecule has 0 aliphatic heterocycles. The van der Waals surface area contributed by atoms with E-state index in [-0.39, 0.29) is 61.1 Å². The largest absolute Gasteiger partial charge is 0.512 e. The second-order valence-corrected chi connectivity index (χ2v) is 13.4. The van der Waals surface area contributed by atoms with E-state index < -0.39 is 0 Å². The van der Waals surface area contributed by atoms with Crippen LogP contribution in [0.15, 0.2) is 66.5 Å². The number of para-hydroxylation sites is 1. The van der Waals surface area contributed by atoms with Crippen molar-refractivity contribution in [2.24, 2.45) is 17.3 Å². The Bertz CT molecular complexity index is 2080. The molecular formula is C40H47IrN2O2-. The number of aromatic nitrogens is 2. The van der Waals surface area contributed by atoms with Crippen molar-refractivity contribution >= 4 is 54.7 Å². The van der Waals surface area contributed by atoms with E-state index in [0.717, 1.165) is 80.9 Å². The van der Waals surface area contributed by atoms with Crippen LogP contribution in [-0.2, 0) is 31.3 Å². The molecule has 0 fully saturated rings. The summed E-state index contributed by atoms with van der Waals surface area (Å²) >= 11 is 0. The van der Waals surface area contributed by atoms with Crippen LogP contribution in [0, 0.1) is 30.4 Å². The molecule has 1 radical (unpaired) electrons. The van der Waals surface area contributed by atoms with E-state index in [1.807, 2.05) is 32.1 Å². The molecule has 0 aliphatic carbocycles. The maximum atomic E-state index is 11.7. The Morgan fingerprint density at radius 2 is 1.62 bits per heavy atom. The number of pyridine rings is 2. The molecule has 3 aromatic carbocycles. The maximum absolute atomic E-state index is 11.7. The molecule has 239 valence electrons. The zero-order chi connectivity index (χ0) is 33.5. The van der Waals surface area contributed by atoms with Crippen LogP contribution in [0.25, 0.3) is 48.9 Å². The van der Waals surface area contributed by atoms with Gasteiger partial charge in [-0.05, 0) is 87.5 Å². The van der Waals surface area contributed by atoms with Gasteiger partial charge in [0.2, 0.25) is 0 Å². The van der Waals surface area contributed by atoms with Gasteiger partial charge in [-0.25, -0.2) is 0 Å². The molecule has 4 nitrogen and oxygen atoms in total. The number of carbonyl (C=O) groups is 1. The van der Waals surface area contributed by atoms with E-state index in [1.54, 1.807) is 0 Å². The van der Waals surface area contributed by atoms with E-state index >= 15 is 0 Å². The first-order valence-electron chi connectivity index (χ1n) is 17.2. The van der Waals surface area contributed by atoms with Crippen LogP contribution in [0.1, 0.15) is 88.0 Å². The number of aliphatic hydroxyl groups excluding tert-OH is 1. The summed E-state index contributed by atoms with van der Waals surface area (Å²) in [6.45, 7) is 16.9. The minimum Gasteiger partial charge on any atom is -0.512 e. The Kier molecular flexibility index (Phi) is 9.87. The zero-order valence-corrected chi connectivity index (χ0v) is 30.3. The fourth-order valence-electron chi connectivity index (χ4n) is 6.63. The average molecular weight is 782 g/mol. The van der Waals surface area contributed by atoms with Gasteiger partial charge in [-0.3, -0.25) is 9.78 Å². The van der Waals surface area contributed by atoms with Crippen molar-refractivity contribution in [3.63, 3.8) is 0 Å². The Hall–Kier alpha value is -3.27. The predicted octanol–water partition coefficient (Wildman–Crippen LogP) is 10.9. The first-order chi connectivity index (χ1) is 21.8. The summed E-state index contributed by atoms with van der Waals surface area (Å²) in [5.74, 6) is 0.547. The molecule has 0 unspecified atom stereocenters. The van der Waals surface area contributed by atoms with Crippen LogP contribution < -0.4 is 0 Å². The topological polar surface area (TPSA) is 54.6 Å². The quantitative estimate of drug-likeness (QED) is 0.0550. The van der Waals surface area contributed by atoms with Crippen molar-refractivity contribution in [1.29, 1.82) is 0 Å². The van der Waals surface area contributed by atoms with Crippen molar-refractivity contribution in [3.05, 3.63) is 83.8 Å². The Morgan fingerprint density at radius 1 is 0.956 bits per heavy atom. The van der Waals surface area contributed by atoms with Crippen molar-refractivity contribution in [3.8, 4) is 0 Å². The molecule has 45 heavy (non-hydrogen) atoms. The van der Waals surface area contributed by atoms with Crippen LogP contribution >= 0.6 is 0 Å². The van der Waals surface area contributed by atoms with Crippen molar-refractivity contribution in [2.45, 2.75) is 87.5 Å². The van der Waals surface area contributed by atoms with Crippen LogP contribution in [0.3, 0.4) is 0 Å². The number of hydrogen-bond donors (Lipinski definition) is 1. The van der Waals surface area contributed by atoms with Crippen LogP contribution in [0.2, 0.25) is 0 Å². The minimum absolute atomic E-state index is 0. The Balaban J connectivity index is 0.000000269. The molecule has 0 amide bonds. The predicted molar refractivity (Wildman–Crippen MR) is 187 cm³/mol. The summed E-state index contributed by atoms with van der Waals surface area (Å²) in [5.41, 5.74) is 4.36. The number of fused-ring (bicyclic) bond motifs is 4. The van der Waals surface area contributed by atoms with Crippen LogP contribution in [0.5, 0.6) is 0 Å². The average Bonchev–Trinajstić information content (AvgIpc) is 3.35. The molecule has 3 heterocycles. The molecular weight excluding hydrogens is 733 g/mol. The molecule has 0 saturated carbocycles. The van der Waals surface area contributed by atoms with Gasteiger partial charge in [0.05, 0.1) is 14.1 Å². The molecule has 0 bridgehead atoms. The van der Waals surface area contributed by atoms with Gasteiger partial charge in [-0.1, -0.05) is 97.4 Å². The Morgan fingerprint density at radius 3 is 2.27 bits per heavy atom. The van der Waals surface area contributed by atoms with Crippen molar-refractivity contribution in [1.82, 2.24) is 9.38 Å². The summed E-state index contributed by atoms with van der Waals surface area (Å²) in [6.07, 6.45) is 9.34. The number of allylic oxidation sites excluding steroid dienone is 2. The second-order valence-electron chi connectivity index (χ2n) is 13.4. The van der Waals surface area contributed by atoms with E-state index in [0.29, 0.717) is 5.65 Å². The van der Waals surface area contributed by atoms with Gasteiger partial charge in [0.1, 0.15) is 0 Å². The van der Waals surface area contributed by atoms with Gasteiger partial charge in [0.15, 0.2) is 5.78 Å². The molecule has 6 rings (SSSR count). The third-order valence-electron chi connectivity index (χ3n) is 9.03. The number of hydrogen-bond acceptors (Lipinski definition) is 3. The number of aryl methyl sites for hydroxylation is 1. The summed E-state index contributed by atoms with van der Waals surface area (Å²) in [4.78, 5) is 16.3. The van der Waals surface area contributed by atoms with Crippen molar-refractivity contribution in [2.75, 3.05) is 0 Å². The van der Waals surface area contributed by atoms with Gasteiger partial charge in [0.25, 0.3) is 0 Å². The number of ketones is 1. The molecule has 0 aliphatic rings. The molecule has 6 aromatic rings. The molecule has 0 spiro atoms. The van der Waals surface area contributed by atoms with Gasteiger partial charge in [0, 0.05) is 44.2 Å². The number of aliphatic hydroxyl groups is 1. The molecule has 5 heteroatoms. The third-order valence-corrected chi connectivity index (χ3v) is 9.03. The van der Waals surface area contributed by atoms with Gasteiger partial charge >= 0.3 is 0 Å². The van der Waals surface area contributed by atoms with Gasteiger partial charge in [-0.2, -0.15) is 0 Å². The number of carbonyl (C=O) groups excluding carboxylic acids is 1. The van der Waals surface area contributed by atoms with Gasteiger partial charge < -0.3 is 9.51 Å². The normalized spacial score (nSPS) is 13.2. The zero-order valence-electron chi connectivity index (χ0n) is 29.9. The fraction of sp³-hybridized carbons (Fsp3) is 0.400. The van der Waals surface area contributed by atoms with E-state index in [2.05, 4.69) is 81.3 Å². The number of nitrogens with zero attached hydrogens (tertiary/aromatic N) is 2. The molecule has 0 saturated heterocycles. The van der Waals surface area contributed by atoms with E-state index in [4.69, 9.17) is 2.74 Å². The summed E-state index contributed by atoms with van der Waals surface area (Å²) < 4.78 is 19.2. The number of benzene rings is 3.